The zero-order valence-electron chi connectivity index (χ0n) is 12.4. The van der Waals surface area contributed by atoms with E-state index in [9.17, 15) is 19.5 Å². The van der Waals surface area contributed by atoms with Crippen molar-refractivity contribution in [2.45, 2.75) is 13.3 Å². The molecule has 1 aromatic carbocycles. The van der Waals surface area contributed by atoms with Gasteiger partial charge < -0.3 is 9.84 Å². The van der Waals surface area contributed by atoms with E-state index in [4.69, 9.17) is 11.6 Å². The fourth-order valence-electron chi connectivity index (χ4n) is 2.16. The molecule has 0 fully saturated rings. The number of halogens is 1. The average molecular weight is 337 g/mol. The number of aromatic carboxylic acids is 1. The van der Waals surface area contributed by atoms with Crippen LogP contribution in [0.5, 0.6) is 0 Å². The van der Waals surface area contributed by atoms with Crippen LogP contribution in [0.1, 0.15) is 33.5 Å². The van der Waals surface area contributed by atoms with Crippen LogP contribution in [-0.2, 0) is 11.2 Å². The van der Waals surface area contributed by atoms with Crippen molar-refractivity contribution in [2.24, 2.45) is 0 Å². The second-order valence-electron chi connectivity index (χ2n) is 4.51. The molecular formula is C15H13ClN2O5. The molecule has 2 rings (SSSR count). The smallest absolute Gasteiger partial charge is 0.360 e. The Balaban J connectivity index is 2.95. The van der Waals surface area contributed by atoms with E-state index >= 15 is 0 Å². The number of aromatic nitrogens is 2. The van der Waals surface area contributed by atoms with Crippen molar-refractivity contribution in [1.82, 2.24) is 9.78 Å². The number of hydrogen-bond acceptors (Lipinski definition) is 5. The van der Waals surface area contributed by atoms with Crippen LogP contribution in [0.4, 0.5) is 0 Å². The van der Waals surface area contributed by atoms with Crippen LogP contribution >= 0.6 is 11.6 Å². The molecule has 0 spiro atoms. The molecule has 0 aliphatic rings. The van der Waals surface area contributed by atoms with E-state index in [0.717, 1.165) is 7.11 Å². The highest BCUT2D eigenvalue weighted by atomic mass is 35.5. The number of methoxy groups -OCH3 is 1. The molecule has 8 heteroatoms. The minimum Gasteiger partial charge on any atom is -0.476 e. The number of carboxylic acid groups (broad SMARTS) is 1. The maximum Gasteiger partial charge on any atom is 0.360 e. The van der Waals surface area contributed by atoms with Crippen molar-refractivity contribution in [3.63, 3.8) is 0 Å². The first-order valence-electron chi connectivity index (χ1n) is 6.65. The third kappa shape index (κ3) is 2.95. The van der Waals surface area contributed by atoms with Crippen molar-refractivity contribution in [1.29, 1.82) is 0 Å². The third-order valence-electron chi connectivity index (χ3n) is 3.19. The first-order chi connectivity index (χ1) is 10.9. The van der Waals surface area contributed by atoms with Crippen LogP contribution in [-0.4, -0.2) is 33.9 Å². The van der Waals surface area contributed by atoms with Gasteiger partial charge >= 0.3 is 11.9 Å². The number of carboxylic acids is 1. The van der Waals surface area contributed by atoms with Crippen LogP contribution in [0.15, 0.2) is 29.1 Å². The van der Waals surface area contributed by atoms with E-state index < -0.39 is 23.1 Å². The summed E-state index contributed by atoms with van der Waals surface area (Å²) in [5, 5.41) is 13.3. The molecule has 0 atom stereocenters. The summed E-state index contributed by atoms with van der Waals surface area (Å²) >= 11 is 6.12. The van der Waals surface area contributed by atoms with Crippen molar-refractivity contribution in [3.8, 4) is 5.69 Å². The summed E-state index contributed by atoms with van der Waals surface area (Å²) in [7, 11) is 1.11. The van der Waals surface area contributed by atoms with Crippen LogP contribution in [0.2, 0.25) is 5.02 Å². The Morgan fingerprint density at radius 3 is 2.52 bits per heavy atom. The third-order valence-corrected chi connectivity index (χ3v) is 3.51. The molecule has 0 unspecified atom stereocenters. The zero-order chi connectivity index (χ0) is 17.1. The second kappa shape index (κ2) is 6.62. The minimum atomic E-state index is -1.54. The molecule has 0 saturated carbocycles. The molecule has 2 aromatic rings. The lowest BCUT2D eigenvalue weighted by molar-refractivity contribution is 0.0596. The molecular weight excluding hydrogens is 324 g/mol. The predicted molar refractivity (Wildman–Crippen MR) is 82.5 cm³/mol. The number of esters is 1. The van der Waals surface area contributed by atoms with Gasteiger partial charge in [0, 0.05) is 0 Å². The molecule has 0 saturated heterocycles. The molecule has 0 bridgehead atoms. The Hall–Kier alpha value is -2.67. The monoisotopic (exact) mass is 336 g/mol. The highest BCUT2D eigenvalue weighted by Crippen LogP contribution is 2.22. The summed E-state index contributed by atoms with van der Waals surface area (Å²) in [5.74, 6) is -2.46. The van der Waals surface area contributed by atoms with Gasteiger partial charge in [0.25, 0.3) is 0 Å². The van der Waals surface area contributed by atoms with Gasteiger partial charge in [-0.15, -0.1) is 0 Å². The molecule has 0 amide bonds. The van der Waals surface area contributed by atoms with Gasteiger partial charge in [-0.2, -0.15) is 5.10 Å². The lowest BCUT2D eigenvalue weighted by atomic mass is 10.1. The van der Waals surface area contributed by atoms with Crippen molar-refractivity contribution >= 4 is 23.5 Å². The van der Waals surface area contributed by atoms with Gasteiger partial charge in [0.2, 0.25) is 11.1 Å². The number of rotatable bonds is 4. The summed E-state index contributed by atoms with van der Waals surface area (Å²) < 4.78 is 5.80. The highest BCUT2D eigenvalue weighted by molar-refractivity contribution is 6.32. The van der Waals surface area contributed by atoms with Crippen LogP contribution in [0.25, 0.3) is 5.69 Å². The van der Waals surface area contributed by atoms with Crippen LogP contribution in [0, 0.1) is 0 Å². The van der Waals surface area contributed by atoms with Gasteiger partial charge in [0.15, 0.2) is 0 Å². The average Bonchev–Trinajstić information content (AvgIpc) is 2.54. The number of hydrogen-bond donors (Lipinski definition) is 1. The SMILES string of the molecule is CCc1c(C(=O)OC)c(=O)c(C(=O)O)nn1-c1ccccc1Cl. The van der Waals surface area contributed by atoms with E-state index in [1.54, 1.807) is 31.2 Å². The van der Waals surface area contributed by atoms with E-state index in [1.807, 2.05) is 0 Å². The normalized spacial score (nSPS) is 10.4. The lowest BCUT2D eigenvalue weighted by Crippen LogP contribution is -2.31. The molecule has 0 radical (unpaired) electrons. The topological polar surface area (TPSA) is 98.5 Å². The summed E-state index contributed by atoms with van der Waals surface area (Å²) in [6.45, 7) is 1.71. The maximum absolute atomic E-state index is 12.3. The van der Waals surface area contributed by atoms with Crippen LogP contribution in [0.3, 0.4) is 0 Å². The van der Waals surface area contributed by atoms with Crippen molar-refractivity contribution in [3.05, 3.63) is 56.5 Å². The molecule has 1 heterocycles. The number of carbonyl (C=O) groups is 2. The predicted octanol–water partition coefficient (Wildman–Crippen LogP) is 1.93. The molecule has 1 N–H and O–H groups in total. The molecule has 0 aliphatic heterocycles. The lowest BCUT2D eigenvalue weighted by Gasteiger charge is -2.16. The zero-order valence-corrected chi connectivity index (χ0v) is 13.1. The Kier molecular flexibility index (Phi) is 4.80. The van der Waals surface area contributed by atoms with Crippen molar-refractivity contribution in [2.75, 3.05) is 7.11 Å². The van der Waals surface area contributed by atoms with Gasteiger partial charge in [-0.1, -0.05) is 30.7 Å². The fourth-order valence-corrected chi connectivity index (χ4v) is 2.38. The van der Waals surface area contributed by atoms with Gasteiger partial charge in [-0.3, -0.25) is 4.79 Å². The molecule has 0 aliphatic carbocycles. The Morgan fingerprint density at radius 1 is 1.35 bits per heavy atom. The second-order valence-corrected chi connectivity index (χ2v) is 4.92. The first-order valence-corrected chi connectivity index (χ1v) is 7.02. The van der Waals surface area contributed by atoms with Gasteiger partial charge in [0.1, 0.15) is 5.56 Å². The van der Waals surface area contributed by atoms with E-state index in [2.05, 4.69) is 9.84 Å². The standard InChI is InChI=1S/C15H13ClN2O5/c1-3-9-11(15(22)23-2)13(19)12(14(20)21)17-18(9)10-7-5-4-6-8(10)16/h4-7H,3H2,1-2H3,(H,20,21). The molecule has 7 nitrogen and oxygen atoms in total. The summed E-state index contributed by atoms with van der Waals surface area (Å²) in [6.07, 6.45) is 0.248. The summed E-state index contributed by atoms with van der Waals surface area (Å²) in [6, 6.07) is 6.57. The van der Waals surface area contributed by atoms with Gasteiger partial charge in [-0.25, -0.2) is 14.3 Å². The fraction of sp³-hybridized carbons (Fsp3) is 0.200. The molecule has 23 heavy (non-hydrogen) atoms. The van der Waals surface area contributed by atoms with Crippen LogP contribution < -0.4 is 5.43 Å². The number of nitrogens with zero attached hydrogens (tertiary/aromatic N) is 2. The van der Waals surface area contributed by atoms with E-state index in [0.29, 0.717) is 10.7 Å². The Labute approximate surface area is 136 Å². The van der Waals surface area contributed by atoms with E-state index in [-0.39, 0.29) is 17.7 Å². The van der Waals surface area contributed by atoms with Gasteiger partial charge in [-0.05, 0) is 18.6 Å². The first kappa shape index (κ1) is 16.7. The number of ether oxygens (including phenoxy) is 1. The number of carbonyl (C=O) groups excluding carboxylic acids is 1. The maximum atomic E-state index is 12.3. The quantitative estimate of drug-likeness (QED) is 0.857. The summed E-state index contributed by atoms with van der Waals surface area (Å²) in [5.41, 5.74) is -1.53. The summed E-state index contributed by atoms with van der Waals surface area (Å²) in [4.78, 5) is 35.5. The van der Waals surface area contributed by atoms with E-state index in [1.165, 1.54) is 4.68 Å². The number of para-hydroxylation sites is 1. The highest BCUT2D eigenvalue weighted by Gasteiger charge is 2.26. The minimum absolute atomic E-state index is 0.222. The Bertz CT molecular complexity index is 844. The van der Waals surface area contributed by atoms with Gasteiger partial charge in [0.05, 0.1) is 23.5 Å². The molecule has 1 aromatic heterocycles. The Morgan fingerprint density at radius 2 is 2.00 bits per heavy atom. The molecule has 120 valence electrons. The largest absolute Gasteiger partial charge is 0.476 e. The van der Waals surface area contributed by atoms with Crippen molar-refractivity contribution < 1.29 is 19.4 Å². The number of benzene rings is 1.